The van der Waals surface area contributed by atoms with Crippen molar-refractivity contribution in [1.82, 2.24) is 10.6 Å². The summed E-state index contributed by atoms with van der Waals surface area (Å²) in [5, 5.41) is 6.27. The van der Waals surface area contributed by atoms with Crippen LogP contribution in [0.15, 0.2) is 18.2 Å². The fraction of sp³-hybridized carbons (Fsp3) is 0.562. The first-order chi connectivity index (χ1) is 10.7. The molecular formula is C16H22ClFN2O3. The molecule has 128 valence electrons. The third-order valence-electron chi connectivity index (χ3n) is 4.01. The fourth-order valence-corrected chi connectivity index (χ4v) is 2.93. The van der Waals surface area contributed by atoms with Crippen LogP contribution in [0.4, 0.5) is 4.39 Å². The zero-order valence-corrected chi connectivity index (χ0v) is 13.7. The second-order valence-corrected chi connectivity index (χ2v) is 5.72. The van der Waals surface area contributed by atoms with Crippen molar-refractivity contribution in [2.24, 2.45) is 0 Å². The summed E-state index contributed by atoms with van der Waals surface area (Å²) >= 11 is 0. The SMILES string of the molecule is Cl.O=C(CC1COCCN1)NC1CCCOc2ccc(F)cc21. The van der Waals surface area contributed by atoms with Crippen molar-refractivity contribution in [2.45, 2.75) is 31.3 Å². The molecule has 0 saturated carbocycles. The number of amides is 1. The average Bonchev–Trinajstić information content (AvgIpc) is 2.71. The van der Waals surface area contributed by atoms with E-state index in [0.717, 1.165) is 24.9 Å². The lowest BCUT2D eigenvalue weighted by atomic mass is 10.0. The van der Waals surface area contributed by atoms with Crippen molar-refractivity contribution < 1.29 is 18.7 Å². The van der Waals surface area contributed by atoms with Gasteiger partial charge in [-0.25, -0.2) is 4.39 Å². The van der Waals surface area contributed by atoms with Gasteiger partial charge in [0, 0.05) is 24.6 Å². The predicted octanol–water partition coefficient (Wildman–Crippen LogP) is 1.96. The molecule has 1 fully saturated rings. The predicted molar refractivity (Wildman–Crippen MR) is 86.5 cm³/mol. The van der Waals surface area contributed by atoms with Gasteiger partial charge in [-0.1, -0.05) is 0 Å². The molecule has 1 saturated heterocycles. The smallest absolute Gasteiger partial charge is 0.222 e. The van der Waals surface area contributed by atoms with Crippen LogP contribution in [0, 0.1) is 5.82 Å². The number of nitrogens with one attached hydrogen (secondary N) is 2. The molecule has 7 heteroatoms. The zero-order chi connectivity index (χ0) is 15.4. The minimum absolute atomic E-state index is 0. The molecule has 2 aliphatic rings. The molecule has 1 aromatic carbocycles. The molecule has 2 aliphatic heterocycles. The Balaban J connectivity index is 0.00000192. The summed E-state index contributed by atoms with van der Waals surface area (Å²) in [5.74, 6) is 0.291. The van der Waals surface area contributed by atoms with Crippen molar-refractivity contribution in [3.63, 3.8) is 0 Å². The van der Waals surface area contributed by atoms with Crippen LogP contribution >= 0.6 is 12.4 Å². The highest BCUT2D eigenvalue weighted by Crippen LogP contribution is 2.32. The molecule has 0 aromatic heterocycles. The van der Waals surface area contributed by atoms with Crippen LogP contribution in [0.1, 0.15) is 30.9 Å². The van der Waals surface area contributed by atoms with E-state index >= 15 is 0 Å². The summed E-state index contributed by atoms with van der Waals surface area (Å²) < 4.78 is 24.5. The molecule has 2 N–H and O–H groups in total. The van der Waals surface area contributed by atoms with Crippen molar-refractivity contribution in [3.8, 4) is 5.75 Å². The van der Waals surface area contributed by atoms with Crippen LogP contribution in [0.3, 0.4) is 0 Å². The lowest BCUT2D eigenvalue weighted by molar-refractivity contribution is -0.123. The van der Waals surface area contributed by atoms with E-state index in [1.807, 2.05) is 0 Å². The van der Waals surface area contributed by atoms with Gasteiger partial charge in [0.25, 0.3) is 0 Å². The van der Waals surface area contributed by atoms with Crippen LogP contribution in [-0.4, -0.2) is 38.3 Å². The van der Waals surface area contributed by atoms with Gasteiger partial charge in [0.15, 0.2) is 0 Å². The van der Waals surface area contributed by atoms with Gasteiger partial charge in [-0.2, -0.15) is 0 Å². The van der Waals surface area contributed by atoms with E-state index in [1.165, 1.54) is 12.1 Å². The number of rotatable bonds is 3. The van der Waals surface area contributed by atoms with E-state index in [1.54, 1.807) is 6.07 Å². The van der Waals surface area contributed by atoms with Gasteiger partial charge in [0.1, 0.15) is 11.6 Å². The van der Waals surface area contributed by atoms with Crippen LogP contribution in [0.5, 0.6) is 5.75 Å². The summed E-state index contributed by atoms with van der Waals surface area (Å²) in [5.41, 5.74) is 0.721. The molecule has 0 radical (unpaired) electrons. The highest BCUT2D eigenvalue weighted by atomic mass is 35.5. The van der Waals surface area contributed by atoms with Crippen molar-refractivity contribution in [2.75, 3.05) is 26.4 Å². The van der Waals surface area contributed by atoms with E-state index < -0.39 is 0 Å². The van der Waals surface area contributed by atoms with Gasteiger partial charge in [0.05, 0.1) is 25.9 Å². The minimum atomic E-state index is -0.314. The topological polar surface area (TPSA) is 59.6 Å². The number of benzene rings is 1. The van der Waals surface area contributed by atoms with E-state index in [2.05, 4.69) is 10.6 Å². The molecule has 2 unspecified atom stereocenters. The Labute approximate surface area is 141 Å². The molecule has 2 atom stereocenters. The Morgan fingerprint density at radius 3 is 3.04 bits per heavy atom. The monoisotopic (exact) mass is 344 g/mol. The molecular weight excluding hydrogens is 323 g/mol. The summed E-state index contributed by atoms with van der Waals surface area (Å²) in [6, 6.07) is 4.30. The first kappa shape index (κ1) is 18.0. The lowest BCUT2D eigenvalue weighted by Gasteiger charge is -2.25. The summed E-state index contributed by atoms with van der Waals surface area (Å²) in [6.45, 7) is 2.59. The van der Waals surface area contributed by atoms with Gasteiger partial charge >= 0.3 is 0 Å². The number of fused-ring (bicyclic) bond motifs is 1. The molecule has 1 aromatic rings. The van der Waals surface area contributed by atoms with Crippen LogP contribution in [-0.2, 0) is 9.53 Å². The van der Waals surface area contributed by atoms with Crippen molar-refractivity contribution in [3.05, 3.63) is 29.6 Å². The number of carbonyl (C=O) groups is 1. The molecule has 0 bridgehead atoms. The first-order valence-electron chi connectivity index (χ1n) is 7.75. The Hall–Kier alpha value is -1.37. The number of halogens is 2. The maximum Gasteiger partial charge on any atom is 0.222 e. The molecule has 0 aliphatic carbocycles. The fourth-order valence-electron chi connectivity index (χ4n) is 2.93. The quantitative estimate of drug-likeness (QED) is 0.880. The number of carbonyl (C=O) groups excluding carboxylic acids is 1. The minimum Gasteiger partial charge on any atom is -0.493 e. The number of morpholine rings is 1. The summed E-state index contributed by atoms with van der Waals surface area (Å²) in [7, 11) is 0. The van der Waals surface area contributed by atoms with Crippen LogP contribution in [0.2, 0.25) is 0 Å². The molecule has 2 heterocycles. The third-order valence-corrected chi connectivity index (χ3v) is 4.01. The first-order valence-corrected chi connectivity index (χ1v) is 7.75. The lowest BCUT2D eigenvalue weighted by Crippen LogP contribution is -2.44. The Bertz CT molecular complexity index is 538. The molecule has 5 nitrogen and oxygen atoms in total. The Morgan fingerprint density at radius 1 is 1.39 bits per heavy atom. The standard InChI is InChI=1S/C16H21FN2O3.ClH/c17-11-3-4-15-13(8-11)14(2-1-6-22-15)19-16(20)9-12-10-21-7-5-18-12;/h3-4,8,12,14,18H,1-2,5-7,9-10H2,(H,19,20);1H. The highest BCUT2D eigenvalue weighted by molar-refractivity contribution is 5.85. The zero-order valence-electron chi connectivity index (χ0n) is 12.8. The van der Waals surface area contributed by atoms with Crippen molar-refractivity contribution in [1.29, 1.82) is 0 Å². The second kappa shape index (κ2) is 8.47. The van der Waals surface area contributed by atoms with Crippen LogP contribution in [0.25, 0.3) is 0 Å². The average molecular weight is 345 g/mol. The molecule has 1 amide bonds. The van der Waals surface area contributed by atoms with Gasteiger partial charge in [-0.05, 0) is 31.0 Å². The van der Waals surface area contributed by atoms with Gasteiger partial charge in [0.2, 0.25) is 5.91 Å². The van der Waals surface area contributed by atoms with Crippen LogP contribution < -0.4 is 15.4 Å². The van der Waals surface area contributed by atoms with Gasteiger partial charge < -0.3 is 20.1 Å². The maximum absolute atomic E-state index is 13.5. The molecule has 23 heavy (non-hydrogen) atoms. The van der Waals surface area contributed by atoms with E-state index in [9.17, 15) is 9.18 Å². The maximum atomic E-state index is 13.5. The second-order valence-electron chi connectivity index (χ2n) is 5.72. The van der Waals surface area contributed by atoms with Gasteiger partial charge in [-0.3, -0.25) is 4.79 Å². The third kappa shape index (κ3) is 4.80. The molecule has 3 rings (SSSR count). The van der Waals surface area contributed by atoms with Gasteiger partial charge in [-0.15, -0.1) is 12.4 Å². The highest BCUT2D eigenvalue weighted by Gasteiger charge is 2.24. The van der Waals surface area contributed by atoms with E-state index in [-0.39, 0.29) is 36.2 Å². The van der Waals surface area contributed by atoms with E-state index in [4.69, 9.17) is 9.47 Å². The van der Waals surface area contributed by atoms with E-state index in [0.29, 0.717) is 32.0 Å². The summed E-state index contributed by atoms with van der Waals surface area (Å²) in [4.78, 5) is 12.2. The normalized spacial score (nSPS) is 23.7. The number of ether oxygens (including phenoxy) is 2. The Morgan fingerprint density at radius 2 is 2.26 bits per heavy atom. The number of hydrogen-bond donors (Lipinski definition) is 2. The molecule has 0 spiro atoms. The Kier molecular flexibility index (Phi) is 6.62. The van der Waals surface area contributed by atoms with Crippen molar-refractivity contribution >= 4 is 18.3 Å². The largest absolute Gasteiger partial charge is 0.493 e. The summed E-state index contributed by atoms with van der Waals surface area (Å²) in [6.07, 6.45) is 1.94. The number of hydrogen-bond acceptors (Lipinski definition) is 4.